The molecule has 0 unspecified atom stereocenters. The number of nitrogens with zero attached hydrogens (tertiary/aromatic N) is 3. The van der Waals surface area contributed by atoms with Crippen molar-refractivity contribution in [3.63, 3.8) is 0 Å². The molecule has 0 bridgehead atoms. The molecular weight excluding hydrogens is 413 g/mol. The summed E-state index contributed by atoms with van der Waals surface area (Å²) in [5.74, 6) is 0.444. The summed E-state index contributed by atoms with van der Waals surface area (Å²) in [7, 11) is 1.76. The first kappa shape index (κ1) is 22.5. The minimum absolute atomic E-state index is 0.217. The van der Waals surface area contributed by atoms with E-state index in [1.807, 2.05) is 12.1 Å². The Hall–Kier alpha value is -2.34. The molecule has 3 aromatic rings. The summed E-state index contributed by atoms with van der Waals surface area (Å²) in [5.41, 5.74) is 4.96. The van der Waals surface area contributed by atoms with Crippen LogP contribution in [0.3, 0.4) is 0 Å². The standard InChI is InChI=1S/C28H34FN3O/c1-33-14-13-31(20-26-10-8-24-15-25(29)9-11-28(24)30-26)18-21-5-4-12-32(19-21)27-16-22-6-2-3-7-23(22)17-27/h2-3,6-11,15,21,27H,4-5,12-14,16-20H2,1H3/t21-/m0/s1. The van der Waals surface area contributed by atoms with E-state index < -0.39 is 0 Å². The molecule has 1 aromatic heterocycles. The fraction of sp³-hybridized carbons (Fsp3) is 0.464. The summed E-state index contributed by atoms with van der Waals surface area (Å²) in [5, 5.41) is 0.850. The van der Waals surface area contributed by atoms with E-state index in [9.17, 15) is 4.39 Å². The molecule has 33 heavy (non-hydrogen) atoms. The van der Waals surface area contributed by atoms with Crippen LogP contribution >= 0.6 is 0 Å². The number of pyridine rings is 1. The van der Waals surface area contributed by atoms with Gasteiger partial charge in [0.1, 0.15) is 5.82 Å². The number of aromatic nitrogens is 1. The third-order valence-corrected chi connectivity index (χ3v) is 7.32. The highest BCUT2D eigenvalue weighted by atomic mass is 19.1. The Morgan fingerprint density at radius 2 is 1.91 bits per heavy atom. The van der Waals surface area contributed by atoms with Crippen LogP contribution in [0.25, 0.3) is 10.9 Å². The van der Waals surface area contributed by atoms with Gasteiger partial charge in [-0.25, -0.2) is 4.39 Å². The van der Waals surface area contributed by atoms with Gasteiger partial charge in [-0.1, -0.05) is 30.3 Å². The second-order valence-corrected chi connectivity index (χ2v) is 9.70. The van der Waals surface area contributed by atoms with E-state index in [0.717, 1.165) is 36.2 Å². The molecule has 0 amide bonds. The molecule has 2 heterocycles. The van der Waals surface area contributed by atoms with Gasteiger partial charge in [0.2, 0.25) is 0 Å². The van der Waals surface area contributed by atoms with E-state index >= 15 is 0 Å². The summed E-state index contributed by atoms with van der Waals surface area (Å²) in [6.45, 7) is 5.85. The van der Waals surface area contributed by atoms with Gasteiger partial charge in [-0.05, 0) is 73.5 Å². The minimum Gasteiger partial charge on any atom is -0.383 e. The van der Waals surface area contributed by atoms with Crippen molar-refractivity contribution in [2.75, 3.05) is 39.9 Å². The third kappa shape index (κ3) is 5.43. The average Bonchev–Trinajstić information content (AvgIpc) is 3.27. The Balaban J connectivity index is 1.23. The Labute approximate surface area is 196 Å². The molecule has 5 rings (SSSR count). The van der Waals surface area contributed by atoms with Crippen LogP contribution in [0, 0.1) is 11.7 Å². The van der Waals surface area contributed by atoms with Crippen LogP contribution in [0.15, 0.2) is 54.6 Å². The number of likely N-dealkylation sites (tertiary alicyclic amines) is 1. The monoisotopic (exact) mass is 447 g/mol. The maximum atomic E-state index is 13.5. The van der Waals surface area contributed by atoms with Crippen molar-refractivity contribution in [3.8, 4) is 0 Å². The Morgan fingerprint density at radius 1 is 1.09 bits per heavy atom. The molecule has 2 aromatic carbocycles. The molecule has 1 fully saturated rings. The van der Waals surface area contributed by atoms with Crippen molar-refractivity contribution >= 4 is 10.9 Å². The lowest BCUT2D eigenvalue weighted by Gasteiger charge is -2.38. The SMILES string of the molecule is COCCN(Cc1ccc2cc(F)ccc2n1)C[C@@H]1CCCN(C2Cc3ccccc3C2)C1. The number of benzene rings is 2. The molecule has 1 atom stereocenters. The summed E-state index contributed by atoms with van der Waals surface area (Å²) >= 11 is 0. The number of piperidine rings is 1. The minimum atomic E-state index is -0.217. The van der Waals surface area contributed by atoms with E-state index in [0.29, 0.717) is 18.6 Å². The number of rotatable bonds is 8. The molecular formula is C28H34FN3O. The first-order valence-corrected chi connectivity index (χ1v) is 12.3. The van der Waals surface area contributed by atoms with Crippen molar-refractivity contribution < 1.29 is 9.13 Å². The number of hydrogen-bond donors (Lipinski definition) is 0. The zero-order chi connectivity index (χ0) is 22.6. The fourth-order valence-electron chi connectivity index (χ4n) is 5.65. The smallest absolute Gasteiger partial charge is 0.123 e. The molecule has 5 heteroatoms. The quantitative estimate of drug-likeness (QED) is 0.500. The Morgan fingerprint density at radius 3 is 2.70 bits per heavy atom. The van der Waals surface area contributed by atoms with E-state index in [1.54, 1.807) is 19.2 Å². The molecule has 0 spiro atoms. The zero-order valence-corrected chi connectivity index (χ0v) is 19.5. The van der Waals surface area contributed by atoms with Crippen LogP contribution in [-0.4, -0.2) is 60.7 Å². The first-order valence-electron chi connectivity index (χ1n) is 12.3. The second-order valence-electron chi connectivity index (χ2n) is 9.70. The van der Waals surface area contributed by atoms with Crippen molar-refractivity contribution in [1.29, 1.82) is 0 Å². The highest BCUT2D eigenvalue weighted by Crippen LogP contribution is 2.29. The largest absolute Gasteiger partial charge is 0.383 e. The molecule has 1 saturated heterocycles. The van der Waals surface area contributed by atoms with Gasteiger partial charge in [-0.2, -0.15) is 0 Å². The molecule has 0 saturated carbocycles. The highest BCUT2D eigenvalue weighted by molar-refractivity contribution is 5.78. The van der Waals surface area contributed by atoms with Gasteiger partial charge in [-0.15, -0.1) is 0 Å². The van der Waals surface area contributed by atoms with Crippen molar-refractivity contribution in [1.82, 2.24) is 14.8 Å². The predicted molar refractivity (Wildman–Crippen MR) is 131 cm³/mol. The van der Waals surface area contributed by atoms with Gasteiger partial charge in [0.25, 0.3) is 0 Å². The second kappa shape index (κ2) is 10.3. The number of ether oxygens (including phenoxy) is 1. The maximum Gasteiger partial charge on any atom is 0.123 e. The number of fused-ring (bicyclic) bond motifs is 2. The van der Waals surface area contributed by atoms with Crippen LogP contribution in [-0.2, 0) is 24.1 Å². The average molecular weight is 448 g/mol. The van der Waals surface area contributed by atoms with E-state index in [1.165, 1.54) is 56.0 Å². The van der Waals surface area contributed by atoms with E-state index in [2.05, 4.69) is 34.1 Å². The lowest BCUT2D eigenvalue weighted by Crippen LogP contribution is -2.46. The molecule has 4 nitrogen and oxygen atoms in total. The Bertz CT molecular complexity index is 1060. The molecule has 0 radical (unpaired) electrons. The van der Waals surface area contributed by atoms with Crippen LogP contribution < -0.4 is 0 Å². The summed E-state index contributed by atoms with van der Waals surface area (Å²) < 4.78 is 18.9. The molecule has 1 aliphatic heterocycles. The van der Waals surface area contributed by atoms with Gasteiger partial charge in [-0.3, -0.25) is 14.8 Å². The zero-order valence-electron chi connectivity index (χ0n) is 19.5. The summed E-state index contributed by atoms with van der Waals surface area (Å²) in [4.78, 5) is 10.0. The highest BCUT2D eigenvalue weighted by Gasteiger charge is 2.31. The van der Waals surface area contributed by atoms with Gasteiger partial charge in [0.15, 0.2) is 0 Å². The van der Waals surface area contributed by atoms with Crippen molar-refractivity contribution in [2.24, 2.45) is 5.92 Å². The van der Waals surface area contributed by atoms with Crippen LogP contribution in [0.1, 0.15) is 29.7 Å². The normalized spacial score (nSPS) is 19.4. The third-order valence-electron chi connectivity index (χ3n) is 7.32. The van der Waals surface area contributed by atoms with Crippen LogP contribution in [0.4, 0.5) is 4.39 Å². The maximum absolute atomic E-state index is 13.5. The number of hydrogen-bond acceptors (Lipinski definition) is 4. The number of methoxy groups -OCH3 is 1. The predicted octanol–water partition coefficient (Wildman–Crippen LogP) is 4.70. The summed E-state index contributed by atoms with van der Waals surface area (Å²) in [6.07, 6.45) is 4.94. The topological polar surface area (TPSA) is 28.6 Å². The van der Waals surface area contributed by atoms with Gasteiger partial charge >= 0.3 is 0 Å². The Kier molecular flexibility index (Phi) is 7.00. The van der Waals surface area contributed by atoms with Gasteiger partial charge in [0.05, 0.1) is 17.8 Å². The van der Waals surface area contributed by atoms with E-state index in [-0.39, 0.29) is 5.82 Å². The molecule has 174 valence electrons. The molecule has 2 aliphatic rings. The lowest BCUT2D eigenvalue weighted by molar-refractivity contribution is 0.0839. The van der Waals surface area contributed by atoms with Crippen LogP contribution in [0.2, 0.25) is 0 Å². The van der Waals surface area contributed by atoms with Crippen LogP contribution in [0.5, 0.6) is 0 Å². The van der Waals surface area contributed by atoms with Crippen molar-refractivity contribution in [2.45, 2.75) is 38.3 Å². The fourth-order valence-corrected chi connectivity index (χ4v) is 5.65. The molecule has 1 aliphatic carbocycles. The van der Waals surface area contributed by atoms with Gasteiger partial charge < -0.3 is 4.74 Å². The number of halogens is 1. The first-order chi connectivity index (χ1) is 16.2. The van der Waals surface area contributed by atoms with Gasteiger partial charge in [0, 0.05) is 44.7 Å². The molecule has 0 N–H and O–H groups in total. The summed E-state index contributed by atoms with van der Waals surface area (Å²) in [6, 6.07) is 18.4. The lowest BCUT2D eigenvalue weighted by atomic mass is 9.95. The van der Waals surface area contributed by atoms with Crippen molar-refractivity contribution in [3.05, 3.63) is 77.2 Å². The van der Waals surface area contributed by atoms with E-state index in [4.69, 9.17) is 9.72 Å².